The lowest BCUT2D eigenvalue weighted by atomic mass is 9.96. The molecule has 152 valence electrons. The summed E-state index contributed by atoms with van der Waals surface area (Å²) in [6.45, 7) is 2.58. The molecule has 2 N–H and O–H groups in total. The van der Waals surface area contributed by atoms with Gasteiger partial charge in [0, 0.05) is 41.0 Å². The predicted molar refractivity (Wildman–Crippen MR) is 119 cm³/mol. The van der Waals surface area contributed by atoms with E-state index in [9.17, 15) is 4.79 Å². The van der Waals surface area contributed by atoms with Crippen LogP contribution in [0.4, 0.5) is 0 Å². The smallest absolute Gasteiger partial charge is 0.217 e. The van der Waals surface area contributed by atoms with Crippen molar-refractivity contribution in [2.24, 2.45) is 0 Å². The van der Waals surface area contributed by atoms with Crippen LogP contribution in [0, 0.1) is 0 Å². The van der Waals surface area contributed by atoms with Crippen molar-refractivity contribution in [2.75, 3.05) is 7.11 Å². The van der Waals surface area contributed by atoms with E-state index in [-0.39, 0.29) is 5.78 Å². The molecule has 2 aromatic heterocycles. The molecule has 0 aliphatic heterocycles. The molecule has 4 rings (SSSR count). The number of H-pyrrole nitrogens is 1. The van der Waals surface area contributed by atoms with E-state index < -0.39 is 6.04 Å². The topological polar surface area (TPSA) is 67.0 Å². The number of pyridine rings is 1. The molecule has 0 bridgehead atoms. The van der Waals surface area contributed by atoms with Crippen molar-refractivity contribution in [1.29, 1.82) is 0 Å². The second kappa shape index (κ2) is 8.93. The third kappa shape index (κ3) is 3.84. The van der Waals surface area contributed by atoms with Crippen molar-refractivity contribution < 1.29 is 9.53 Å². The molecular formula is C25H25N3O2. The first-order chi connectivity index (χ1) is 14.7. The number of benzene rings is 2. The molecular weight excluding hydrogens is 374 g/mol. The summed E-state index contributed by atoms with van der Waals surface area (Å²) in [5.41, 5.74) is 4.76. The van der Waals surface area contributed by atoms with Crippen LogP contribution in [0.1, 0.15) is 40.0 Å². The first kappa shape index (κ1) is 19.9. The third-order valence-electron chi connectivity index (χ3n) is 5.38. The average molecular weight is 399 g/mol. The fraction of sp³-hybridized carbons (Fsp3) is 0.200. The number of aromatic amines is 1. The van der Waals surface area contributed by atoms with Crippen molar-refractivity contribution in [3.8, 4) is 5.88 Å². The molecule has 30 heavy (non-hydrogen) atoms. The maximum Gasteiger partial charge on any atom is 0.217 e. The summed E-state index contributed by atoms with van der Waals surface area (Å²) in [6.07, 6.45) is 4.43. The number of aryl methyl sites for hydroxylation is 1. The second-order valence-electron chi connectivity index (χ2n) is 7.16. The van der Waals surface area contributed by atoms with E-state index >= 15 is 0 Å². The SMILES string of the molecule is CCc1cccc2c(C(=O)C(NCc3cccnc3OC)c3ccccc3)c[nH]c12. The van der Waals surface area contributed by atoms with E-state index in [4.69, 9.17) is 4.74 Å². The standard InChI is InChI=1S/C25H25N3O2/c1-3-17-11-7-13-20-21(16-28-22(17)20)24(29)23(18-9-5-4-6-10-18)27-15-19-12-8-14-26-25(19)30-2/h4-14,16,23,27-28H,3,15H2,1-2H3. The Morgan fingerprint density at radius 2 is 1.87 bits per heavy atom. The molecule has 0 aliphatic rings. The minimum atomic E-state index is -0.486. The van der Waals surface area contributed by atoms with Gasteiger partial charge in [0.25, 0.3) is 0 Å². The first-order valence-electron chi connectivity index (χ1n) is 10.1. The van der Waals surface area contributed by atoms with E-state index in [1.54, 1.807) is 13.3 Å². The number of para-hydroxylation sites is 1. The molecule has 2 heterocycles. The highest BCUT2D eigenvalue weighted by Gasteiger charge is 2.24. The van der Waals surface area contributed by atoms with E-state index in [2.05, 4.69) is 28.3 Å². The molecule has 0 spiro atoms. The minimum absolute atomic E-state index is 0.0311. The molecule has 1 atom stereocenters. The Balaban J connectivity index is 1.69. The second-order valence-corrected chi connectivity index (χ2v) is 7.16. The van der Waals surface area contributed by atoms with Crippen LogP contribution in [0.25, 0.3) is 10.9 Å². The van der Waals surface area contributed by atoms with Crippen molar-refractivity contribution in [3.63, 3.8) is 0 Å². The fourth-order valence-electron chi connectivity index (χ4n) is 3.83. The lowest BCUT2D eigenvalue weighted by molar-refractivity contribution is 0.0943. The normalized spacial score (nSPS) is 12.1. The highest BCUT2D eigenvalue weighted by Crippen LogP contribution is 2.27. The summed E-state index contributed by atoms with van der Waals surface area (Å²) in [5, 5.41) is 4.38. The number of nitrogens with zero attached hydrogens (tertiary/aromatic N) is 1. The van der Waals surface area contributed by atoms with Gasteiger partial charge < -0.3 is 9.72 Å². The van der Waals surface area contributed by atoms with Gasteiger partial charge in [0.2, 0.25) is 5.88 Å². The number of carbonyl (C=O) groups excluding carboxylic acids is 1. The van der Waals surface area contributed by atoms with Gasteiger partial charge in [0.05, 0.1) is 13.2 Å². The number of Topliss-reactive ketones (excluding diaryl/α,β-unsaturated/α-hetero) is 1. The van der Waals surface area contributed by atoms with E-state index in [0.717, 1.165) is 28.5 Å². The fourth-order valence-corrected chi connectivity index (χ4v) is 3.83. The highest BCUT2D eigenvalue weighted by molar-refractivity contribution is 6.11. The van der Waals surface area contributed by atoms with Crippen LogP contribution in [-0.2, 0) is 13.0 Å². The Kier molecular flexibility index (Phi) is 5.91. The van der Waals surface area contributed by atoms with Gasteiger partial charge in [-0.05, 0) is 23.6 Å². The van der Waals surface area contributed by atoms with Crippen molar-refractivity contribution in [3.05, 3.63) is 95.3 Å². The van der Waals surface area contributed by atoms with Crippen LogP contribution in [0.2, 0.25) is 0 Å². The predicted octanol–water partition coefficient (Wildman–Crippen LogP) is 4.85. The van der Waals surface area contributed by atoms with Gasteiger partial charge in [-0.2, -0.15) is 0 Å². The Labute approximate surface area is 176 Å². The van der Waals surface area contributed by atoms with Crippen LogP contribution in [0.3, 0.4) is 0 Å². The molecule has 0 aliphatic carbocycles. The van der Waals surface area contributed by atoms with E-state index in [1.807, 2.05) is 60.8 Å². The summed E-state index contributed by atoms with van der Waals surface area (Å²) in [7, 11) is 1.60. The summed E-state index contributed by atoms with van der Waals surface area (Å²) < 4.78 is 5.36. The van der Waals surface area contributed by atoms with Gasteiger partial charge in [-0.3, -0.25) is 10.1 Å². The van der Waals surface area contributed by atoms with Gasteiger partial charge in [-0.1, -0.05) is 61.5 Å². The van der Waals surface area contributed by atoms with E-state index in [1.165, 1.54) is 5.56 Å². The first-order valence-corrected chi connectivity index (χ1v) is 10.1. The quantitative estimate of drug-likeness (QED) is 0.416. The monoisotopic (exact) mass is 399 g/mol. The zero-order valence-electron chi connectivity index (χ0n) is 17.2. The Bertz CT molecular complexity index is 1150. The molecule has 1 unspecified atom stereocenters. The van der Waals surface area contributed by atoms with Gasteiger partial charge in [0.15, 0.2) is 5.78 Å². The maximum absolute atomic E-state index is 13.7. The zero-order chi connectivity index (χ0) is 20.9. The van der Waals surface area contributed by atoms with Crippen LogP contribution in [0.5, 0.6) is 5.88 Å². The molecule has 0 fully saturated rings. The van der Waals surface area contributed by atoms with E-state index in [0.29, 0.717) is 18.0 Å². The van der Waals surface area contributed by atoms with Crippen molar-refractivity contribution >= 4 is 16.7 Å². The number of rotatable bonds is 8. The maximum atomic E-state index is 13.7. The minimum Gasteiger partial charge on any atom is -0.481 e. The number of hydrogen-bond acceptors (Lipinski definition) is 4. The number of fused-ring (bicyclic) bond motifs is 1. The average Bonchev–Trinajstić information content (AvgIpc) is 3.24. The van der Waals surface area contributed by atoms with Crippen molar-refractivity contribution in [1.82, 2.24) is 15.3 Å². The van der Waals surface area contributed by atoms with Crippen LogP contribution >= 0.6 is 0 Å². The number of ketones is 1. The summed E-state index contributed by atoms with van der Waals surface area (Å²) in [4.78, 5) is 21.2. The number of ether oxygens (including phenoxy) is 1. The molecule has 2 aromatic carbocycles. The highest BCUT2D eigenvalue weighted by atomic mass is 16.5. The van der Waals surface area contributed by atoms with Gasteiger partial charge in [-0.15, -0.1) is 0 Å². The number of methoxy groups -OCH3 is 1. The lowest BCUT2D eigenvalue weighted by Gasteiger charge is -2.19. The van der Waals surface area contributed by atoms with Crippen LogP contribution < -0.4 is 10.1 Å². The Morgan fingerprint density at radius 1 is 1.07 bits per heavy atom. The lowest BCUT2D eigenvalue weighted by Crippen LogP contribution is -2.28. The van der Waals surface area contributed by atoms with Gasteiger partial charge in [0.1, 0.15) is 0 Å². The molecule has 4 aromatic rings. The number of aromatic nitrogens is 2. The summed E-state index contributed by atoms with van der Waals surface area (Å²) in [6, 6.07) is 19.2. The molecule has 0 saturated carbocycles. The number of nitrogens with one attached hydrogen (secondary N) is 2. The number of carbonyl (C=O) groups is 1. The molecule has 0 saturated heterocycles. The van der Waals surface area contributed by atoms with Gasteiger partial charge in [-0.25, -0.2) is 4.98 Å². The zero-order valence-corrected chi connectivity index (χ0v) is 17.2. The third-order valence-corrected chi connectivity index (χ3v) is 5.38. The number of hydrogen-bond donors (Lipinski definition) is 2. The Hall–Kier alpha value is -3.44. The van der Waals surface area contributed by atoms with Crippen LogP contribution in [-0.4, -0.2) is 22.9 Å². The van der Waals surface area contributed by atoms with Gasteiger partial charge >= 0.3 is 0 Å². The summed E-state index contributed by atoms with van der Waals surface area (Å²) >= 11 is 0. The van der Waals surface area contributed by atoms with Crippen molar-refractivity contribution in [2.45, 2.75) is 25.9 Å². The van der Waals surface area contributed by atoms with Crippen LogP contribution in [0.15, 0.2) is 73.1 Å². The summed E-state index contributed by atoms with van der Waals surface area (Å²) in [5.74, 6) is 0.590. The Morgan fingerprint density at radius 3 is 2.63 bits per heavy atom. The molecule has 5 nitrogen and oxygen atoms in total. The largest absolute Gasteiger partial charge is 0.481 e. The molecule has 0 amide bonds. The molecule has 0 radical (unpaired) electrons. The molecule has 5 heteroatoms.